The molecular weight excluding hydrogens is 464 g/mol. The number of carbonyl (C=O) groups excluding carboxylic acids is 1. The van der Waals surface area contributed by atoms with Crippen LogP contribution >= 0.6 is 0 Å². The van der Waals surface area contributed by atoms with E-state index in [1.807, 2.05) is 25.1 Å². The largest absolute Gasteiger partial charge is 0.490 e. The molecule has 3 aromatic carbocycles. The maximum absolute atomic E-state index is 13.2. The van der Waals surface area contributed by atoms with E-state index < -0.39 is 10.0 Å². The molecule has 0 spiro atoms. The summed E-state index contributed by atoms with van der Waals surface area (Å²) in [6, 6.07) is 19.0. The first-order valence-corrected chi connectivity index (χ1v) is 13.5. The van der Waals surface area contributed by atoms with Gasteiger partial charge in [0.25, 0.3) is 0 Å². The van der Waals surface area contributed by atoms with Crippen LogP contribution in [-0.2, 0) is 14.8 Å². The Morgan fingerprint density at radius 2 is 1.66 bits per heavy atom. The van der Waals surface area contributed by atoms with E-state index >= 15 is 0 Å². The Morgan fingerprint density at radius 1 is 0.943 bits per heavy atom. The van der Waals surface area contributed by atoms with Crippen molar-refractivity contribution in [3.8, 4) is 11.5 Å². The minimum Gasteiger partial charge on any atom is -0.490 e. The van der Waals surface area contributed by atoms with Gasteiger partial charge >= 0.3 is 0 Å². The number of hydrogen-bond donors (Lipinski definition) is 1. The van der Waals surface area contributed by atoms with Crippen LogP contribution in [0.4, 0.5) is 0 Å². The van der Waals surface area contributed by atoms with Crippen LogP contribution in [0.2, 0.25) is 0 Å². The molecule has 5 rings (SSSR count). The molecule has 0 unspecified atom stereocenters. The number of carbonyl (C=O) groups is 1. The number of ether oxygens (including phenoxy) is 2. The van der Waals surface area contributed by atoms with Crippen molar-refractivity contribution in [2.75, 3.05) is 26.3 Å². The molecule has 1 N–H and O–H groups in total. The summed E-state index contributed by atoms with van der Waals surface area (Å²) >= 11 is 0. The van der Waals surface area contributed by atoms with Crippen LogP contribution in [0, 0.1) is 5.92 Å². The van der Waals surface area contributed by atoms with Gasteiger partial charge in [-0.25, -0.2) is 8.42 Å². The molecule has 184 valence electrons. The predicted octanol–water partition coefficient (Wildman–Crippen LogP) is 4.28. The number of hydrogen-bond acceptors (Lipinski definition) is 5. The highest BCUT2D eigenvalue weighted by Gasteiger charge is 2.33. The fourth-order valence-electron chi connectivity index (χ4n) is 4.70. The lowest BCUT2D eigenvalue weighted by atomic mass is 9.96. The van der Waals surface area contributed by atoms with Gasteiger partial charge in [0.05, 0.1) is 24.2 Å². The molecule has 8 heteroatoms. The summed E-state index contributed by atoms with van der Waals surface area (Å²) in [5, 5.41) is 5.42. The van der Waals surface area contributed by atoms with E-state index in [4.69, 9.17) is 9.47 Å². The third-order valence-corrected chi connectivity index (χ3v) is 8.71. The van der Waals surface area contributed by atoms with Gasteiger partial charge in [0.1, 0.15) is 0 Å². The van der Waals surface area contributed by atoms with Crippen LogP contribution in [0.1, 0.15) is 37.8 Å². The molecule has 0 aromatic heterocycles. The summed E-state index contributed by atoms with van der Waals surface area (Å²) in [6.45, 7) is 3.63. The van der Waals surface area contributed by atoms with E-state index in [9.17, 15) is 13.2 Å². The number of nitrogens with zero attached hydrogens (tertiary/aromatic N) is 1. The van der Waals surface area contributed by atoms with Crippen molar-refractivity contribution < 1.29 is 22.7 Å². The average Bonchev–Trinajstić information content (AvgIpc) is 3.13. The number of amides is 1. The van der Waals surface area contributed by atoms with E-state index in [0.29, 0.717) is 50.6 Å². The van der Waals surface area contributed by atoms with Crippen LogP contribution in [0.25, 0.3) is 10.8 Å². The van der Waals surface area contributed by atoms with Crippen molar-refractivity contribution >= 4 is 26.7 Å². The zero-order chi connectivity index (χ0) is 24.4. The van der Waals surface area contributed by atoms with Gasteiger partial charge in [-0.3, -0.25) is 4.79 Å². The average molecular weight is 495 g/mol. The first-order chi connectivity index (χ1) is 16.9. The summed E-state index contributed by atoms with van der Waals surface area (Å²) in [6.07, 6.45) is 1.73. The first-order valence-electron chi connectivity index (χ1n) is 12.1. The molecule has 35 heavy (non-hydrogen) atoms. The van der Waals surface area contributed by atoms with Crippen LogP contribution in [0.5, 0.6) is 11.5 Å². The second kappa shape index (κ2) is 9.87. The van der Waals surface area contributed by atoms with E-state index in [1.54, 1.807) is 18.2 Å². The molecule has 2 aliphatic rings. The molecule has 0 radical (unpaired) electrons. The number of fused-ring (bicyclic) bond motifs is 2. The Kier molecular flexibility index (Phi) is 6.67. The van der Waals surface area contributed by atoms with Crippen LogP contribution < -0.4 is 14.8 Å². The van der Waals surface area contributed by atoms with Crippen molar-refractivity contribution in [2.45, 2.75) is 37.1 Å². The molecule has 0 bridgehead atoms. The monoisotopic (exact) mass is 494 g/mol. The highest BCUT2D eigenvalue weighted by molar-refractivity contribution is 7.89. The van der Waals surface area contributed by atoms with Gasteiger partial charge in [0.2, 0.25) is 15.9 Å². The summed E-state index contributed by atoms with van der Waals surface area (Å²) in [7, 11) is -3.68. The summed E-state index contributed by atoms with van der Waals surface area (Å²) in [4.78, 5) is 13.1. The topological polar surface area (TPSA) is 84.9 Å². The van der Waals surface area contributed by atoms with Gasteiger partial charge in [-0.05, 0) is 54.3 Å². The van der Waals surface area contributed by atoms with Crippen molar-refractivity contribution in [2.24, 2.45) is 5.92 Å². The van der Waals surface area contributed by atoms with E-state index in [-0.39, 0.29) is 22.8 Å². The number of benzene rings is 3. The molecule has 2 heterocycles. The van der Waals surface area contributed by atoms with Crippen molar-refractivity contribution in [1.82, 2.24) is 9.62 Å². The molecule has 1 amide bonds. The maximum atomic E-state index is 13.2. The van der Waals surface area contributed by atoms with Crippen molar-refractivity contribution in [1.29, 1.82) is 0 Å². The molecular formula is C27H30N2O5S. The van der Waals surface area contributed by atoms with E-state index in [1.165, 1.54) is 4.31 Å². The Hall–Kier alpha value is -3.10. The Balaban J connectivity index is 1.21. The normalized spacial score (nSPS) is 18.1. The fraction of sp³-hybridized carbons (Fsp3) is 0.370. The van der Waals surface area contributed by atoms with E-state index in [2.05, 4.69) is 29.6 Å². The molecule has 3 aromatic rings. The summed E-state index contributed by atoms with van der Waals surface area (Å²) in [5.41, 5.74) is 1.05. The molecule has 1 saturated heterocycles. The van der Waals surface area contributed by atoms with Crippen molar-refractivity contribution in [3.63, 3.8) is 0 Å². The summed E-state index contributed by atoms with van der Waals surface area (Å²) in [5.74, 6) is 0.782. The van der Waals surface area contributed by atoms with Gasteiger partial charge in [0.15, 0.2) is 11.5 Å². The predicted molar refractivity (Wildman–Crippen MR) is 134 cm³/mol. The lowest BCUT2D eigenvalue weighted by Crippen LogP contribution is -2.43. The standard InChI is InChI=1S/C27H30N2O5S/c1-19(22-8-7-20-5-2-3-6-23(20)17-22)28-27(30)21-11-13-29(14-12-21)35(31,32)24-9-10-25-26(18-24)34-16-4-15-33-25/h2-3,5-10,17-19,21H,4,11-16H2,1H3,(H,28,30)/t19-/m1/s1. The Bertz CT molecular complexity index is 1330. The fourth-order valence-corrected chi connectivity index (χ4v) is 6.19. The minimum absolute atomic E-state index is 0.0294. The molecule has 1 atom stereocenters. The summed E-state index contributed by atoms with van der Waals surface area (Å²) < 4.78 is 39.2. The van der Waals surface area contributed by atoms with Gasteiger partial charge in [-0.2, -0.15) is 4.31 Å². The third kappa shape index (κ3) is 4.99. The highest BCUT2D eigenvalue weighted by atomic mass is 32.2. The Morgan fingerprint density at radius 3 is 2.43 bits per heavy atom. The van der Waals surface area contributed by atoms with E-state index in [0.717, 1.165) is 22.8 Å². The van der Waals surface area contributed by atoms with Gasteiger partial charge in [0, 0.05) is 31.5 Å². The lowest BCUT2D eigenvalue weighted by Gasteiger charge is -2.31. The number of rotatable bonds is 5. The van der Waals surface area contributed by atoms with Gasteiger partial charge in [-0.15, -0.1) is 0 Å². The van der Waals surface area contributed by atoms with Crippen molar-refractivity contribution in [3.05, 3.63) is 66.2 Å². The molecule has 2 aliphatic heterocycles. The maximum Gasteiger partial charge on any atom is 0.243 e. The zero-order valence-electron chi connectivity index (χ0n) is 19.8. The van der Waals surface area contributed by atoms with Gasteiger partial charge < -0.3 is 14.8 Å². The zero-order valence-corrected chi connectivity index (χ0v) is 20.6. The SMILES string of the molecule is C[C@@H](NC(=O)C1CCN(S(=O)(=O)c2ccc3c(c2)OCCCO3)CC1)c1ccc2ccccc2c1. The number of nitrogens with one attached hydrogen (secondary N) is 1. The van der Waals surface area contributed by atoms with Crippen LogP contribution in [0.15, 0.2) is 65.6 Å². The smallest absolute Gasteiger partial charge is 0.243 e. The molecule has 7 nitrogen and oxygen atoms in total. The lowest BCUT2D eigenvalue weighted by molar-refractivity contribution is -0.126. The molecule has 0 saturated carbocycles. The Labute approximate surface area is 206 Å². The second-order valence-corrected chi connectivity index (χ2v) is 11.1. The highest BCUT2D eigenvalue weighted by Crippen LogP contribution is 2.34. The van der Waals surface area contributed by atoms with Crippen LogP contribution in [0.3, 0.4) is 0 Å². The quantitative estimate of drug-likeness (QED) is 0.572. The van der Waals surface area contributed by atoms with Gasteiger partial charge in [-0.1, -0.05) is 36.4 Å². The number of sulfonamides is 1. The third-order valence-electron chi connectivity index (χ3n) is 6.81. The number of piperidine rings is 1. The minimum atomic E-state index is -3.68. The molecule has 0 aliphatic carbocycles. The van der Waals surface area contributed by atoms with Crippen LogP contribution in [-0.4, -0.2) is 44.9 Å². The molecule has 1 fully saturated rings. The first kappa shape index (κ1) is 23.6. The second-order valence-electron chi connectivity index (χ2n) is 9.17.